The van der Waals surface area contributed by atoms with Gasteiger partial charge in [0, 0.05) is 12.1 Å². The van der Waals surface area contributed by atoms with Crippen molar-refractivity contribution in [3.63, 3.8) is 0 Å². The van der Waals surface area contributed by atoms with Crippen molar-refractivity contribution >= 4 is 40.3 Å². The van der Waals surface area contributed by atoms with Crippen LogP contribution in [0.15, 0.2) is 53.4 Å². The Morgan fingerprint density at radius 3 is 2.60 bits per heavy atom. The van der Waals surface area contributed by atoms with Gasteiger partial charge in [0.2, 0.25) is 0 Å². The number of carbonyl (C=O) groups is 1. The number of aromatic hydroxyl groups is 1. The molecule has 25 heavy (non-hydrogen) atoms. The molecule has 1 fully saturated rings. The number of methoxy groups -OCH3 is 1. The number of para-hydroxylation sites is 1. The predicted octanol–water partition coefficient (Wildman–Crippen LogP) is 3.84. The van der Waals surface area contributed by atoms with E-state index in [2.05, 4.69) is 0 Å². The van der Waals surface area contributed by atoms with E-state index in [0.29, 0.717) is 27.8 Å². The summed E-state index contributed by atoms with van der Waals surface area (Å²) in [6, 6.07) is 14.7. The fraction of sp³-hybridized carbons (Fsp3) is 0.158. The molecular weight excluding hydrogens is 354 g/mol. The summed E-state index contributed by atoms with van der Waals surface area (Å²) in [5.74, 6) is 0.831. The van der Waals surface area contributed by atoms with Gasteiger partial charge in [-0.1, -0.05) is 54.3 Å². The van der Waals surface area contributed by atoms with E-state index < -0.39 is 0 Å². The Bertz CT molecular complexity index is 831. The molecule has 0 saturated carbocycles. The maximum Gasteiger partial charge on any atom is 0.266 e. The van der Waals surface area contributed by atoms with Gasteiger partial charge in [-0.15, -0.1) is 0 Å². The van der Waals surface area contributed by atoms with Crippen LogP contribution in [0.5, 0.6) is 11.5 Å². The SMILES string of the molecule is COc1ccc(CCN2C(=O)/C(=C/c3ccccc3O)SC2=S)cc1. The van der Waals surface area contributed by atoms with E-state index in [-0.39, 0.29) is 11.7 Å². The number of phenols is 1. The first-order valence-electron chi connectivity index (χ1n) is 7.75. The van der Waals surface area contributed by atoms with Crippen LogP contribution in [-0.4, -0.2) is 33.9 Å². The van der Waals surface area contributed by atoms with Crippen molar-refractivity contribution in [1.82, 2.24) is 4.90 Å². The van der Waals surface area contributed by atoms with Gasteiger partial charge < -0.3 is 9.84 Å². The molecule has 1 saturated heterocycles. The summed E-state index contributed by atoms with van der Waals surface area (Å²) in [5.41, 5.74) is 1.72. The van der Waals surface area contributed by atoms with Crippen molar-refractivity contribution in [2.45, 2.75) is 6.42 Å². The Kier molecular flexibility index (Phi) is 5.40. The Morgan fingerprint density at radius 2 is 1.92 bits per heavy atom. The molecule has 1 aliphatic rings. The number of phenolic OH excluding ortho intramolecular Hbond substituents is 1. The van der Waals surface area contributed by atoms with Crippen LogP contribution in [0.25, 0.3) is 6.08 Å². The summed E-state index contributed by atoms with van der Waals surface area (Å²) in [7, 11) is 1.63. The molecule has 2 aromatic rings. The number of benzene rings is 2. The Morgan fingerprint density at radius 1 is 1.20 bits per heavy atom. The van der Waals surface area contributed by atoms with Gasteiger partial charge in [0.1, 0.15) is 15.8 Å². The normalized spacial score (nSPS) is 15.9. The smallest absolute Gasteiger partial charge is 0.266 e. The first-order valence-corrected chi connectivity index (χ1v) is 8.97. The van der Waals surface area contributed by atoms with E-state index in [1.54, 1.807) is 36.3 Å². The number of ether oxygens (including phenoxy) is 1. The van der Waals surface area contributed by atoms with Gasteiger partial charge in [0.05, 0.1) is 12.0 Å². The number of thioether (sulfide) groups is 1. The Hall–Kier alpha value is -2.31. The standard InChI is InChI=1S/C19H17NO3S2/c1-23-15-8-6-13(7-9-15)10-11-20-18(22)17(25-19(20)24)12-14-4-2-3-5-16(14)21/h2-9,12,21H,10-11H2,1H3/b17-12-. The highest BCUT2D eigenvalue weighted by Gasteiger charge is 2.31. The van der Waals surface area contributed by atoms with Crippen molar-refractivity contribution in [2.24, 2.45) is 0 Å². The lowest BCUT2D eigenvalue weighted by Crippen LogP contribution is -2.30. The molecule has 1 N–H and O–H groups in total. The first-order chi connectivity index (χ1) is 12.1. The van der Waals surface area contributed by atoms with Gasteiger partial charge >= 0.3 is 0 Å². The molecule has 1 aliphatic heterocycles. The summed E-state index contributed by atoms with van der Waals surface area (Å²) < 4.78 is 5.69. The third-order valence-electron chi connectivity index (χ3n) is 3.88. The number of nitrogens with zero attached hydrogens (tertiary/aromatic N) is 1. The van der Waals surface area contributed by atoms with Gasteiger partial charge in [0.25, 0.3) is 5.91 Å². The molecular formula is C19H17NO3S2. The molecule has 0 aliphatic carbocycles. The summed E-state index contributed by atoms with van der Waals surface area (Å²) in [6.07, 6.45) is 2.39. The van der Waals surface area contributed by atoms with Crippen molar-refractivity contribution in [3.05, 3.63) is 64.6 Å². The average molecular weight is 371 g/mol. The van der Waals surface area contributed by atoms with Gasteiger partial charge in [-0.25, -0.2) is 0 Å². The molecule has 6 heteroatoms. The highest BCUT2D eigenvalue weighted by Crippen LogP contribution is 2.34. The lowest BCUT2D eigenvalue weighted by atomic mass is 10.1. The molecule has 0 spiro atoms. The fourth-order valence-electron chi connectivity index (χ4n) is 2.48. The van der Waals surface area contributed by atoms with Crippen molar-refractivity contribution in [2.75, 3.05) is 13.7 Å². The van der Waals surface area contributed by atoms with Crippen LogP contribution in [0.1, 0.15) is 11.1 Å². The van der Waals surface area contributed by atoms with Crippen molar-refractivity contribution < 1.29 is 14.6 Å². The molecule has 0 atom stereocenters. The third kappa shape index (κ3) is 4.03. The molecule has 0 radical (unpaired) electrons. The van der Waals surface area contributed by atoms with Gasteiger partial charge in [0.15, 0.2) is 0 Å². The minimum absolute atomic E-state index is 0.119. The van der Waals surface area contributed by atoms with Crippen LogP contribution in [0.3, 0.4) is 0 Å². The second kappa shape index (κ2) is 7.72. The molecule has 1 heterocycles. The van der Waals surface area contributed by atoms with E-state index in [1.807, 2.05) is 30.3 Å². The number of amides is 1. The molecule has 4 nitrogen and oxygen atoms in total. The molecule has 0 unspecified atom stereocenters. The molecule has 0 bridgehead atoms. The monoisotopic (exact) mass is 371 g/mol. The van der Waals surface area contributed by atoms with Crippen LogP contribution in [0, 0.1) is 0 Å². The van der Waals surface area contributed by atoms with Crippen LogP contribution in [0.2, 0.25) is 0 Å². The zero-order valence-electron chi connectivity index (χ0n) is 13.6. The minimum atomic E-state index is -0.119. The van der Waals surface area contributed by atoms with Gasteiger partial charge in [-0.3, -0.25) is 9.69 Å². The summed E-state index contributed by atoms with van der Waals surface area (Å²) >= 11 is 6.61. The third-order valence-corrected chi connectivity index (χ3v) is 5.26. The number of hydrogen-bond donors (Lipinski definition) is 1. The zero-order chi connectivity index (χ0) is 17.8. The number of carbonyl (C=O) groups excluding carboxylic acids is 1. The van der Waals surface area contributed by atoms with E-state index in [1.165, 1.54) is 11.8 Å². The first kappa shape index (κ1) is 17.5. The number of rotatable bonds is 5. The fourth-order valence-corrected chi connectivity index (χ4v) is 3.78. The minimum Gasteiger partial charge on any atom is -0.507 e. The summed E-state index contributed by atoms with van der Waals surface area (Å²) in [6.45, 7) is 0.523. The van der Waals surface area contributed by atoms with Crippen LogP contribution < -0.4 is 4.74 Å². The number of hydrogen-bond acceptors (Lipinski definition) is 5. The Labute approximate surface area is 156 Å². The second-order valence-corrected chi connectivity index (χ2v) is 7.17. The maximum absolute atomic E-state index is 12.6. The lowest BCUT2D eigenvalue weighted by Gasteiger charge is -2.14. The maximum atomic E-state index is 12.6. The Balaban J connectivity index is 1.70. The highest BCUT2D eigenvalue weighted by atomic mass is 32.2. The number of thiocarbonyl (C=S) groups is 1. The molecule has 1 amide bonds. The quantitative estimate of drug-likeness (QED) is 0.639. The second-order valence-electron chi connectivity index (χ2n) is 5.49. The summed E-state index contributed by atoms with van der Waals surface area (Å²) in [4.78, 5) is 14.7. The molecule has 128 valence electrons. The van der Waals surface area contributed by atoms with E-state index in [9.17, 15) is 9.90 Å². The van der Waals surface area contributed by atoms with Gasteiger partial charge in [-0.05, 0) is 36.3 Å². The van der Waals surface area contributed by atoms with Crippen molar-refractivity contribution in [3.8, 4) is 11.5 Å². The summed E-state index contributed by atoms with van der Waals surface area (Å²) in [5, 5.41) is 9.86. The van der Waals surface area contributed by atoms with E-state index in [4.69, 9.17) is 17.0 Å². The van der Waals surface area contributed by atoms with Crippen molar-refractivity contribution in [1.29, 1.82) is 0 Å². The molecule has 2 aromatic carbocycles. The largest absolute Gasteiger partial charge is 0.507 e. The lowest BCUT2D eigenvalue weighted by molar-refractivity contribution is -0.122. The van der Waals surface area contributed by atoms with Gasteiger partial charge in [-0.2, -0.15) is 0 Å². The molecule has 3 rings (SSSR count). The average Bonchev–Trinajstić information content (AvgIpc) is 2.89. The highest BCUT2D eigenvalue weighted by molar-refractivity contribution is 8.26. The molecule has 0 aromatic heterocycles. The van der Waals surface area contributed by atoms with Crippen LogP contribution in [-0.2, 0) is 11.2 Å². The predicted molar refractivity (Wildman–Crippen MR) is 105 cm³/mol. The zero-order valence-corrected chi connectivity index (χ0v) is 15.3. The van der Waals surface area contributed by atoms with Crippen LogP contribution in [0.4, 0.5) is 0 Å². The van der Waals surface area contributed by atoms with E-state index >= 15 is 0 Å². The topological polar surface area (TPSA) is 49.8 Å². The van der Waals surface area contributed by atoms with Crippen LogP contribution >= 0.6 is 24.0 Å². The van der Waals surface area contributed by atoms with E-state index in [0.717, 1.165) is 11.3 Å².